The van der Waals surface area contributed by atoms with Crippen LogP contribution in [0.5, 0.6) is 5.75 Å². The predicted molar refractivity (Wildman–Crippen MR) is 104 cm³/mol. The van der Waals surface area contributed by atoms with Gasteiger partial charge < -0.3 is 10.1 Å². The Hall–Kier alpha value is -1.79. The molecule has 0 fully saturated rings. The highest BCUT2D eigenvalue weighted by Gasteiger charge is 2.05. The van der Waals surface area contributed by atoms with E-state index < -0.39 is 0 Å². The molecule has 0 heterocycles. The zero-order chi connectivity index (χ0) is 18.1. The van der Waals surface area contributed by atoms with Gasteiger partial charge in [-0.25, -0.2) is 0 Å². The maximum absolute atomic E-state index is 11.8. The Labute approximate surface area is 160 Å². The molecule has 0 aliphatic carbocycles. The molecule has 1 amide bonds. The van der Waals surface area contributed by atoms with E-state index in [2.05, 4.69) is 21.2 Å². The van der Waals surface area contributed by atoms with Gasteiger partial charge in [0.15, 0.2) is 12.4 Å². The van der Waals surface area contributed by atoms with Gasteiger partial charge in [-0.3, -0.25) is 9.59 Å². The molecule has 0 bridgehead atoms. The van der Waals surface area contributed by atoms with E-state index in [1.165, 1.54) is 0 Å². The first kappa shape index (κ1) is 19.5. The van der Waals surface area contributed by atoms with Gasteiger partial charge in [-0.05, 0) is 48.5 Å². The van der Waals surface area contributed by atoms with E-state index in [-0.39, 0.29) is 18.3 Å². The number of thioether (sulfide) groups is 1. The van der Waals surface area contributed by atoms with E-state index in [1.807, 2.05) is 31.2 Å². The molecule has 6 heteroatoms. The Bertz CT molecular complexity index is 702. The average Bonchev–Trinajstić information content (AvgIpc) is 2.64. The van der Waals surface area contributed by atoms with Crippen LogP contribution in [0, 0.1) is 0 Å². The Morgan fingerprint density at radius 1 is 1.08 bits per heavy atom. The van der Waals surface area contributed by atoms with E-state index in [0.29, 0.717) is 24.3 Å². The summed E-state index contributed by atoms with van der Waals surface area (Å²) in [5.41, 5.74) is 0.657. The second-order valence-corrected chi connectivity index (χ2v) is 7.33. The lowest BCUT2D eigenvalue weighted by Crippen LogP contribution is -2.30. The normalized spacial score (nSPS) is 10.3. The number of rotatable bonds is 9. The molecule has 25 heavy (non-hydrogen) atoms. The predicted octanol–water partition coefficient (Wildman–Crippen LogP) is 4.33. The Balaban J connectivity index is 1.65. The molecule has 1 N–H and O–H groups in total. The van der Waals surface area contributed by atoms with Gasteiger partial charge in [0.1, 0.15) is 5.75 Å². The number of Topliss-reactive ketones (excluding diaryl/α,β-unsaturated/α-hetero) is 1. The van der Waals surface area contributed by atoms with Gasteiger partial charge >= 0.3 is 0 Å². The van der Waals surface area contributed by atoms with Crippen LogP contribution in [-0.2, 0) is 4.79 Å². The van der Waals surface area contributed by atoms with E-state index in [1.54, 1.807) is 36.0 Å². The van der Waals surface area contributed by atoms with Crippen LogP contribution in [0.15, 0.2) is 57.9 Å². The number of benzene rings is 2. The van der Waals surface area contributed by atoms with Crippen molar-refractivity contribution in [2.75, 3.05) is 18.9 Å². The summed E-state index contributed by atoms with van der Waals surface area (Å²) in [7, 11) is 0. The molecule has 0 aliphatic heterocycles. The highest BCUT2D eigenvalue weighted by molar-refractivity contribution is 9.10. The maximum atomic E-state index is 11.8. The molecule has 0 aromatic heterocycles. The fourth-order valence-corrected chi connectivity index (χ4v) is 3.06. The molecule has 0 radical (unpaired) electrons. The quantitative estimate of drug-likeness (QED) is 0.371. The standard InChI is InChI=1S/C19H20BrNO3S/c1-2-18(22)14-3-7-16(8-4-14)24-13-19(23)21-11-12-25-17-9-5-15(20)6-10-17/h3-10H,2,11-13H2,1H3,(H,21,23). The van der Waals surface area contributed by atoms with Gasteiger partial charge in [0.25, 0.3) is 5.91 Å². The number of ether oxygens (including phenoxy) is 1. The first-order valence-corrected chi connectivity index (χ1v) is 9.77. The van der Waals surface area contributed by atoms with Crippen molar-refractivity contribution in [1.82, 2.24) is 5.32 Å². The third-order valence-corrected chi connectivity index (χ3v) is 4.92. The molecule has 2 aromatic rings. The number of nitrogens with one attached hydrogen (secondary N) is 1. The lowest BCUT2D eigenvalue weighted by Gasteiger charge is -2.08. The van der Waals surface area contributed by atoms with Crippen molar-refractivity contribution in [3.63, 3.8) is 0 Å². The molecule has 132 valence electrons. The van der Waals surface area contributed by atoms with Crippen LogP contribution in [0.1, 0.15) is 23.7 Å². The van der Waals surface area contributed by atoms with Crippen LogP contribution in [0.3, 0.4) is 0 Å². The lowest BCUT2D eigenvalue weighted by atomic mass is 10.1. The minimum atomic E-state index is -0.162. The molecular formula is C19H20BrNO3S. The van der Waals surface area contributed by atoms with Crippen LogP contribution in [0.25, 0.3) is 0 Å². The van der Waals surface area contributed by atoms with Gasteiger partial charge in [0.2, 0.25) is 0 Å². The van der Waals surface area contributed by atoms with Gasteiger partial charge in [0, 0.05) is 33.7 Å². The third kappa shape index (κ3) is 6.92. The van der Waals surface area contributed by atoms with Crippen molar-refractivity contribution in [3.8, 4) is 5.75 Å². The van der Waals surface area contributed by atoms with Gasteiger partial charge in [0.05, 0.1) is 0 Å². The van der Waals surface area contributed by atoms with Crippen LogP contribution in [0.4, 0.5) is 0 Å². The van der Waals surface area contributed by atoms with Crippen LogP contribution in [0.2, 0.25) is 0 Å². The molecular weight excluding hydrogens is 402 g/mol. The van der Waals surface area contributed by atoms with Gasteiger partial charge in [-0.15, -0.1) is 11.8 Å². The van der Waals surface area contributed by atoms with Crippen molar-refractivity contribution >= 4 is 39.4 Å². The van der Waals surface area contributed by atoms with Crippen LogP contribution < -0.4 is 10.1 Å². The fourth-order valence-electron chi connectivity index (χ4n) is 2.03. The molecule has 0 saturated carbocycles. The topological polar surface area (TPSA) is 55.4 Å². The molecule has 0 aliphatic rings. The van der Waals surface area contributed by atoms with Gasteiger partial charge in [-0.2, -0.15) is 0 Å². The Morgan fingerprint density at radius 2 is 1.76 bits per heavy atom. The second kappa shape index (κ2) is 10.3. The molecule has 0 unspecified atom stereocenters. The summed E-state index contributed by atoms with van der Waals surface area (Å²) in [5, 5.41) is 2.83. The highest BCUT2D eigenvalue weighted by atomic mass is 79.9. The second-order valence-electron chi connectivity index (χ2n) is 5.24. The summed E-state index contributed by atoms with van der Waals surface area (Å²) in [6.07, 6.45) is 0.473. The first-order chi connectivity index (χ1) is 12.1. The Kier molecular flexibility index (Phi) is 8.01. The lowest BCUT2D eigenvalue weighted by molar-refractivity contribution is -0.122. The summed E-state index contributed by atoms with van der Waals surface area (Å²) in [5.74, 6) is 1.30. The van der Waals surface area contributed by atoms with E-state index in [0.717, 1.165) is 15.1 Å². The van der Waals surface area contributed by atoms with Gasteiger partial charge in [-0.1, -0.05) is 22.9 Å². The van der Waals surface area contributed by atoms with E-state index in [4.69, 9.17) is 4.74 Å². The summed E-state index contributed by atoms with van der Waals surface area (Å²) in [4.78, 5) is 24.5. The molecule has 0 atom stereocenters. The number of ketones is 1. The average molecular weight is 422 g/mol. The maximum Gasteiger partial charge on any atom is 0.257 e. The SMILES string of the molecule is CCC(=O)c1ccc(OCC(=O)NCCSc2ccc(Br)cc2)cc1. The number of carbonyl (C=O) groups is 2. The zero-order valence-electron chi connectivity index (χ0n) is 14.0. The summed E-state index contributed by atoms with van der Waals surface area (Å²) in [6, 6.07) is 14.9. The first-order valence-electron chi connectivity index (χ1n) is 7.99. The number of amides is 1. The summed E-state index contributed by atoms with van der Waals surface area (Å²) < 4.78 is 6.48. The number of carbonyl (C=O) groups excluding carboxylic acids is 2. The number of halogens is 1. The molecule has 0 saturated heterocycles. The molecule has 2 rings (SSSR count). The molecule has 4 nitrogen and oxygen atoms in total. The third-order valence-electron chi connectivity index (χ3n) is 3.37. The summed E-state index contributed by atoms with van der Waals surface area (Å²) >= 11 is 5.08. The van der Waals surface area contributed by atoms with Crippen LogP contribution in [-0.4, -0.2) is 30.6 Å². The molecule has 2 aromatic carbocycles. The van der Waals surface area contributed by atoms with Crippen molar-refractivity contribution in [2.45, 2.75) is 18.2 Å². The largest absolute Gasteiger partial charge is 0.484 e. The minimum Gasteiger partial charge on any atom is -0.484 e. The number of hydrogen-bond donors (Lipinski definition) is 1. The Morgan fingerprint density at radius 3 is 2.40 bits per heavy atom. The smallest absolute Gasteiger partial charge is 0.257 e. The molecule has 0 spiro atoms. The van der Waals surface area contributed by atoms with Crippen molar-refractivity contribution in [1.29, 1.82) is 0 Å². The van der Waals surface area contributed by atoms with E-state index in [9.17, 15) is 9.59 Å². The van der Waals surface area contributed by atoms with E-state index >= 15 is 0 Å². The van der Waals surface area contributed by atoms with Crippen molar-refractivity contribution < 1.29 is 14.3 Å². The summed E-state index contributed by atoms with van der Waals surface area (Å²) in [6.45, 7) is 2.36. The van der Waals surface area contributed by atoms with Crippen molar-refractivity contribution in [2.24, 2.45) is 0 Å². The zero-order valence-corrected chi connectivity index (χ0v) is 16.4. The van der Waals surface area contributed by atoms with Crippen molar-refractivity contribution in [3.05, 3.63) is 58.6 Å². The monoisotopic (exact) mass is 421 g/mol. The van der Waals surface area contributed by atoms with Crippen LogP contribution >= 0.6 is 27.7 Å². The highest BCUT2D eigenvalue weighted by Crippen LogP contribution is 2.20. The number of hydrogen-bond acceptors (Lipinski definition) is 4. The minimum absolute atomic E-state index is 0.0377. The fraction of sp³-hybridized carbons (Fsp3) is 0.263.